The topological polar surface area (TPSA) is 58.4 Å². The summed E-state index contributed by atoms with van der Waals surface area (Å²) >= 11 is 0. The second-order valence-electron chi connectivity index (χ2n) is 5.71. The third-order valence-electron chi connectivity index (χ3n) is 4.29. The smallest absolute Gasteiger partial charge is 0.223 e. The number of rotatable bonds is 3. The standard InChI is InChI=1S/C13H25N3O/c1-16-7-6-12(9-16)15-13(17)11-4-2-10(8-14)3-5-11/h10-12H,2-9,14H2,1H3,(H,15,17). The number of carbonyl (C=O) groups excluding carboxylic acids is 1. The van der Waals surface area contributed by atoms with Gasteiger partial charge in [0.25, 0.3) is 0 Å². The van der Waals surface area contributed by atoms with Crippen LogP contribution in [0.1, 0.15) is 32.1 Å². The molecule has 0 aromatic heterocycles. The molecule has 17 heavy (non-hydrogen) atoms. The number of nitrogens with two attached hydrogens (primary N) is 1. The van der Waals surface area contributed by atoms with E-state index < -0.39 is 0 Å². The zero-order chi connectivity index (χ0) is 12.3. The number of nitrogens with one attached hydrogen (secondary N) is 1. The van der Waals surface area contributed by atoms with Crippen LogP contribution in [0.15, 0.2) is 0 Å². The summed E-state index contributed by atoms with van der Waals surface area (Å²) in [5.41, 5.74) is 5.67. The van der Waals surface area contributed by atoms with Gasteiger partial charge >= 0.3 is 0 Å². The van der Waals surface area contributed by atoms with Gasteiger partial charge in [-0.25, -0.2) is 0 Å². The van der Waals surface area contributed by atoms with E-state index in [0.29, 0.717) is 12.0 Å². The third kappa shape index (κ3) is 3.42. The van der Waals surface area contributed by atoms with Crippen molar-refractivity contribution in [1.29, 1.82) is 0 Å². The van der Waals surface area contributed by atoms with E-state index in [9.17, 15) is 4.79 Å². The molecule has 4 nitrogen and oxygen atoms in total. The van der Waals surface area contributed by atoms with Gasteiger partial charge in [0, 0.05) is 18.5 Å². The lowest BCUT2D eigenvalue weighted by Crippen LogP contribution is -2.41. The van der Waals surface area contributed by atoms with Crippen LogP contribution in [0.3, 0.4) is 0 Å². The molecule has 1 aliphatic carbocycles. The van der Waals surface area contributed by atoms with Gasteiger partial charge in [0.2, 0.25) is 5.91 Å². The maximum atomic E-state index is 12.1. The van der Waals surface area contributed by atoms with Crippen molar-refractivity contribution in [2.75, 3.05) is 26.7 Å². The summed E-state index contributed by atoms with van der Waals surface area (Å²) in [6.45, 7) is 2.89. The monoisotopic (exact) mass is 239 g/mol. The zero-order valence-corrected chi connectivity index (χ0v) is 10.8. The SMILES string of the molecule is CN1CCC(NC(=O)C2CCC(CN)CC2)C1. The maximum Gasteiger partial charge on any atom is 0.223 e. The van der Waals surface area contributed by atoms with Gasteiger partial charge in [-0.2, -0.15) is 0 Å². The Labute approximate surface area is 104 Å². The highest BCUT2D eigenvalue weighted by Gasteiger charge is 2.28. The normalized spacial score (nSPS) is 34.8. The number of hydrogen-bond acceptors (Lipinski definition) is 3. The van der Waals surface area contributed by atoms with E-state index >= 15 is 0 Å². The molecule has 4 heteroatoms. The number of carbonyl (C=O) groups is 1. The Bertz CT molecular complexity index is 261. The fourth-order valence-corrected chi connectivity index (χ4v) is 3.03. The van der Waals surface area contributed by atoms with Gasteiger partial charge in [-0.15, -0.1) is 0 Å². The Morgan fingerprint density at radius 2 is 2.00 bits per heavy atom. The average molecular weight is 239 g/mol. The molecule has 0 aromatic carbocycles. The molecule has 1 heterocycles. The number of hydrogen-bond donors (Lipinski definition) is 2. The Morgan fingerprint density at radius 3 is 2.53 bits per heavy atom. The lowest BCUT2D eigenvalue weighted by Gasteiger charge is -2.27. The van der Waals surface area contributed by atoms with Crippen LogP contribution in [0.4, 0.5) is 0 Å². The molecule has 2 rings (SSSR count). The highest BCUT2D eigenvalue weighted by atomic mass is 16.1. The van der Waals surface area contributed by atoms with E-state index in [1.54, 1.807) is 0 Å². The largest absolute Gasteiger partial charge is 0.352 e. The van der Waals surface area contributed by atoms with Crippen molar-refractivity contribution in [3.63, 3.8) is 0 Å². The van der Waals surface area contributed by atoms with Crippen molar-refractivity contribution in [2.45, 2.75) is 38.1 Å². The van der Waals surface area contributed by atoms with Crippen LogP contribution in [0.2, 0.25) is 0 Å². The lowest BCUT2D eigenvalue weighted by molar-refractivity contribution is -0.126. The van der Waals surface area contributed by atoms with E-state index in [1.165, 1.54) is 0 Å². The first-order valence-electron chi connectivity index (χ1n) is 6.88. The predicted molar refractivity (Wildman–Crippen MR) is 68.5 cm³/mol. The van der Waals surface area contributed by atoms with Crippen LogP contribution in [-0.2, 0) is 4.79 Å². The van der Waals surface area contributed by atoms with Crippen molar-refractivity contribution >= 4 is 5.91 Å². The lowest BCUT2D eigenvalue weighted by atomic mass is 9.81. The van der Waals surface area contributed by atoms with Crippen molar-refractivity contribution in [3.05, 3.63) is 0 Å². The maximum absolute atomic E-state index is 12.1. The summed E-state index contributed by atoms with van der Waals surface area (Å²) in [6, 6.07) is 0.375. The molecule has 0 spiro atoms. The van der Waals surface area contributed by atoms with Crippen LogP contribution < -0.4 is 11.1 Å². The molecule has 0 radical (unpaired) electrons. The van der Waals surface area contributed by atoms with Crippen LogP contribution in [0, 0.1) is 11.8 Å². The van der Waals surface area contributed by atoms with Gasteiger partial charge < -0.3 is 16.0 Å². The first-order chi connectivity index (χ1) is 8.19. The summed E-state index contributed by atoms with van der Waals surface area (Å²) in [4.78, 5) is 14.4. The van der Waals surface area contributed by atoms with Crippen LogP contribution in [-0.4, -0.2) is 43.5 Å². The quantitative estimate of drug-likeness (QED) is 0.757. The number of likely N-dealkylation sites (tertiary alicyclic amines) is 1. The molecular weight excluding hydrogens is 214 g/mol. The predicted octanol–water partition coefficient (Wildman–Crippen LogP) is 0.572. The van der Waals surface area contributed by atoms with Gasteiger partial charge in [0.15, 0.2) is 0 Å². The third-order valence-corrected chi connectivity index (χ3v) is 4.29. The Balaban J connectivity index is 1.73. The first kappa shape index (κ1) is 12.8. The second kappa shape index (κ2) is 5.83. The fourth-order valence-electron chi connectivity index (χ4n) is 3.03. The summed E-state index contributed by atoms with van der Waals surface area (Å²) in [5.74, 6) is 1.17. The van der Waals surface area contributed by atoms with Gasteiger partial charge in [0.1, 0.15) is 0 Å². The van der Waals surface area contributed by atoms with E-state index in [1.807, 2.05) is 0 Å². The van der Waals surface area contributed by atoms with E-state index in [-0.39, 0.29) is 11.8 Å². The number of nitrogens with zero attached hydrogens (tertiary/aromatic N) is 1. The van der Waals surface area contributed by atoms with Crippen molar-refractivity contribution < 1.29 is 4.79 Å². The molecule has 1 amide bonds. The molecule has 1 aliphatic heterocycles. The van der Waals surface area contributed by atoms with E-state index in [0.717, 1.165) is 51.7 Å². The summed E-state index contributed by atoms with van der Waals surface area (Å²) in [7, 11) is 2.11. The highest BCUT2D eigenvalue weighted by molar-refractivity contribution is 5.79. The minimum absolute atomic E-state index is 0.240. The molecule has 1 unspecified atom stereocenters. The summed E-state index contributed by atoms with van der Waals surface area (Å²) in [5, 5.41) is 3.20. The van der Waals surface area contributed by atoms with Crippen molar-refractivity contribution in [3.8, 4) is 0 Å². The van der Waals surface area contributed by atoms with Crippen LogP contribution in [0.5, 0.6) is 0 Å². The fraction of sp³-hybridized carbons (Fsp3) is 0.923. The molecule has 1 atom stereocenters. The van der Waals surface area contributed by atoms with Crippen molar-refractivity contribution in [1.82, 2.24) is 10.2 Å². The van der Waals surface area contributed by atoms with Crippen LogP contribution in [0.25, 0.3) is 0 Å². The molecule has 1 saturated carbocycles. The second-order valence-corrected chi connectivity index (χ2v) is 5.71. The number of amides is 1. The van der Waals surface area contributed by atoms with Gasteiger partial charge in [-0.3, -0.25) is 4.79 Å². The average Bonchev–Trinajstić information content (AvgIpc) is 2.75. The van der Waals surface area contributed by atoms with Crippen molar-refractivity contribution in [2.24, 2.45) is 17.6 Å². The molecule has 2 aliphatic rings. The Kier molecular flexibility index (Phi) is 4.40. The first-order valence-corrected chi connectivity index (χ1v) is 6.88. The number of likely N-dealkylation sites (N-methyl/N-ethyl adjacent to an activating group) is 1. The molecule has 2 fully saturated rings. The molecular formula is C13H25N3O. The van der Waals surface area contributed by atoms with Gasteiger partial charge in [0.05, 0.1) is 0 Å². The molecule has 0 aromatic rings. The zero-order valence-electron chi connectivity index (χ0n) is 10.8. The molecule has 98 valence electrons. The highest BCUT2D eigenvalue weighted by Crippen LogP contribution is 2.28. The minimum atomic E-state index is 0.240. The molecule has 0 bridgehead atoms. The van der Waals surface area contributed by atoms with Gasteiger partial charge in [-0.05, 0) is 58.2 Å². The molecule has 1 saturated heterocycles. The summed E-state index contributed by atoms with van der Waals surface area (Å²) in [6.07, 6.45) is 5.39. The van der Waals surface area contributed by atoms with E-state index in [2.05, 4.69) is 17.3 Å². The van der Waals surface area contributed by atoms with Gasteiger partial charge in [-0.1, -0.05) is 0 Å². The molecule has 3 N–H and O–H groups in total. The summed E-state index contributed by atoms with van der Waals surface area (Å²) < 4.78 is 0. The Morgan fingerprint density at radius 1 is 1.29 bits per heavy atom. The Hall–Kier alpha value is -0.610. The van der Waals surface area contributed by atoms with E-state index in [4.69, 9.17) is 5.73 Å². The minimum Gasteiger partial charge on any atom is -0.352 e. The van der Waals surface area contributed by atoms with Crippen LogP contribution >= 0.6 is 0 Å².